The van der Waals surface area contributed by atoms with E-state index >= 15 is 0 Å². The Morgan fingerprint density at radius 2 is 1.83 bits per heavy atom. The summed E-state index contributed by atoms with van der Waals surface area (Å²) >= 11 is 11.5. The molecule has 0 radical (unpaired) electrons. The van der Waals surface area contributed by atoms with Gasteiger partial charge in [-0.2, -0.15) is 4.31 Å². The highest BCUT2D eigenvalue weighted by atomic mass is 35.5. The number of sulfonamides is 1. The van der Waals surface area contributed by atoms with Gasteiger partial charge in [-0.1, -0.05) is 18.0 Å². The largest absolute Gasteiger partial charge is 0.243 e. The zero-order valence-corrected chi connectivity index (χ0v) is 12.2. The molecule has 100 valence electrons. The average molecular weight is 308 g/mol. The fourth-order valence-corrected chi connectivity index (χ4v) is 4.09. The summed E-state index contributed by atoms with van der Waals surface area (Å²) in [5.41, 5.74) is 0. The molecule has 1 fully saturated rings. The molecular formula is C12H15Cl2NO2S. The van der Waals surface area contributed by atoms with Crippen molar-refractivity contribution in [1.82, 2.24) is 4.31 Å². The lowest BCUT2D eigenvalue weighted by Gasteiger charge is -2.36. The van der Waals surface area contributed by atoms with Crippen LogP contribution in [-0.2, 0) is 10.0 Å². The second-order valence-corrected chi connectivity index (χ2v) is 7.05. The lowest BCUT2D eigenvalue weighted by molar-refractivity contribution is 0.227. The van der Waals surface area contributed by atoms with Crippen molar-refractivity contribution in [2.45, 2.75) is 30.2 Å². The quantitative estimate of drug-likeness (QED) is 0.784. The zero-order valence-electron chi connectivity index (χ0n) is 9.85. The Labute approximate surface area is 118 Å². The number of halogens is 2. The maximum atomic E-state index is 12.5. The third-order valence-electron chi connectivity index (χ3n) is 3.21. The zero-order chi connectivity index (χ0) is 13.2. The van der Waals surface area contributed by atoms with Crippen molar-refractivity contribution < 1.29 is 8.42 Å². The van der Waals surface area contributed by atoms with Crippen LogP contribution in [-0.4, -0.2) is 31.2 Å². The molecule has 0 aliphatic heterocycles. The first kappa shape index (κ1) is 14.1. The molecule has 0 saturated heterocycles. The molecule has 0 bridgehead atoms. The highest BCUT2D eigenvalue weighted by Gasteiger charge is 2.34. The Morgan fingerprint density at radius 1 is 1.22 bits per heavy atom. The van der Waals surface area contributed by atoms with Crippen molar-refractivity contribution in [2.75, 3.05) is 12.4 Å². The number of hydrogen-bond acceptors (Lipinski definition) is 2. The lowest BCUT2D eigenvalue weighted by Crippen LogP contribution is -2.45. The summed E-state index contributed by atoms with van der Waals surface area (Å²) in [5.74, 6) is 0.309. The molecule has 1 aromatic rings. The van der Waals surface area contributed by atoms with Crippen LogP contribution in [0.25, 0.3) is 0 Å². The number of benzene rings is 1. The highest BCUT2D eigenvalue weighted by molar-refractivity contribution is 7.89. The molecule has 1 aliphatic rings. The predicted molar refractivity (Wildman–Crippen MR) is 73.7 cm³/mol. The molecule has 0 N–H and O–H groups in total. The average Bonchev–Trinajstić information content (AvgIpc) is 2.26. The van der Waals surface area contributed by atoms with E-state index in [0.29, 0.717) is 17.4 Å². The van der Waals surface area contributed by atoms with Crippen LogP contribution in [0.2, 0.25) is 5.02 Å². The van der Waals surface area contributed by atoms with Gasteiger partial charge < -0.3 is 0 Å². The van der Waals surface area contributed by atoms with Gasteiger partial charge in [0.2, 0.25) is 10.0 Å². The van der Waals surface area contributed by atoms with Crippen LogP contribution >= 0.6 is 23.2 Å². The summed E-state index contributed by atoms with van der Waals surface area (Å²) < 4.78 is 26.5. The molecule has 1 aromatic carbocycles. The normalized spacial score (nSPS) is 16.8. The van der Waals surface area contributed by atoms with Gasteiger partial charge in [-0.05, 0) is 37.1 Å². The highest BCUT2D eigenvalue weighted by Crippen LogP contribution is 2.30. The number of hydrogen-bond donors (Lipinski definition) is 0. The van der Waals surface area contributed by atoms with Crippen molar-refractivity contribution in [3.63, 3.8) is 0 Å². The minimum absolute atomic E-state index is 0.101. The smallest absolute Gasteiger partial charge is 0.207 e. The summed E-state index contributed by atoms with van der Waals surface area (Å²) in [6.45, 7) is 0.358. The summed E-state index contributed by atoms with van der Waals surface area (Å²) in [5, 5.41) is 0.529. The van der Waals surface area contributed by atoms with Crippen LogP contribution in [0.5, 0.6) is 0 Å². The fourth-order valence-electron chi connectivity index (χ4n) is 2.00. The fraction of sp³-hybridized carbons (Fsp3) is 0.500. The molecule has 3 nitrogen and oxygen atoms in total. The van der Waals surface area contributed by atoms with Crippen LogP contribution < -0.4 is 0 Å². The van der Waals surface area contributed by atoms with E-state index in [0.717, 1.165) is 19.3 Å². The van der Waals surface area contributed by atoms with Gasteiger partial charge in [-0.3, -0.25) is 0 Å². The van der Waals surface area contributed by atoms with Crippen molar-refractivity contribution >= 4 is 33.2 Å². The van der Waals surface area contributed by atoms with E-state index < -0.39 is 10.0 Å². The standard InChI is InChI=1S/C12H15Cl2NO2S/c13-8-9-15(11-2-1-3-11)18(16,17)12-6-4-10(14)5-7-12/h4-7,11H,1-3,8-9H2. The molecule has 0 heterocycles. The molecule has 1 aliphatic carbocycles. The number of alkyl halides is 1. The van der Waals surface area contributed by atoms with E-state index in [1.54, 1.807) is 12.1 Å². The summed E-state index contributed by atoms with van der Waals surface area (Å²) in [6, 6.07) is 6.36. The van der Waals surface area contributed by atoms with Crippen molar-refractivity contribution in [2.24, 2.45) is 0 Å². The summed E-state index contributed by atoms with van der Waals surface area (Å²) in [7, 11) is -3.45. The first-order chi connectivity index (χ1) is 8.55. The third kappa shape index (κ3) is 2.82. The van der Waals surface area contributed by atoms with Gasteiger partial charge in [0.05, 0.1) is 4.90 Å². The van der Waals surface area contributed by atoms with Gasteiger partial charge in [0.15, 0.2) is 0 Å². The van der Waals surface area contributed by atoms with Gasteiger partial charge in [0.1, 0.15) is 0 Å². The number of nitrogens with zero attached hydrogens (tertiary/aromatic N) is 1. The second-order valence-electron chi connectivity index (χ2n) is 4.34. The Balaban J connectivity index is 2.29. The van der Waals surface area contributed by atoms with Gasteiger partial charge >= 0.3 is 0 Å². The first-order valence-electron chi connectivity index (χ1n) is 5.89. The SMILES string of the molecule is O=S(=O)(c1ccc(Cl)cc1)N(CCCl)C1CCC1. The molecule has 2 rings (SSSR count). The van der Waals surface area contributed by atoms with E-state index in [4.69, 9.17) is 23.2 Å². The molecule has 0 unspecified atom stereocenters. The maximum absolute atomic E-state index is 12.5. The van der Waals surface area contributed by atoms with Crippen molar-refractivity contribution in [3.8, 4) is 0 Å². The van der Waals surface area contributed by atoms with Crippen LogP contribution in [0.15, 0.2) is 29.2 Å². The Kier molecular flexibility index (Phi) is 4.54. The molecular weight excluding hydrogens is 293 g/mol. The Morgan fingerprint density at radius 3 is 2.28 bits per heavy atom. The minimum atomic E-state index is -3.45. The van der Waals surface area contributed by atoms with Crippen LogP contribution in [0, 0.1) is 0 Å². The van der Waals surface area contributed by atoms with Crippen LogP contribution in [0.3, 0.4) is 0 Å². The van der Waals surface area contributed by atoms with Crippen molar-refractivity contribution in [3.05, 3.63) is 29.3 Å². The summed E-state index contributed by atoms with van der Waals surface area (Å²) in [4.78, 5) is 0.281. The van der Waals surface area contributed by atoms with E-state index in [1.165, 1.54) is 16.4 Å². The van der Waals surface area contributed by atoms with E-state index in [9.17, 15) is 8.42 Å². The molecule has 0 spiro atoms. The summed E-state index contributed by atoms with van der Waals surface area (Å²) in [6.07, 6.45) is 2.92. The predicted octanol–water partition coefficient (Wildman–Crippen LogP) is 3.12. The van der Waals surface area contributed by atoms with E-state index in [-0.39, 0.29) is 10.9 Å². The van der Waals surface area contributed by atoms with Gasteiger partial charge in [0, 0.05) is 23.5 Å². The maximum Gasteiger partial charge on any atom is 0.243 e. The monoisotopic (exact) mass is 307 g/mol. The number of rotatable bonds is 5. The van der Waals surface area contributed by atoms with Gasteiger partial charge in [-0.25, -0.2) is 8.42 Å². The van der Waals surface area contributed by atoms with E-state index in [1.807, 2.05) is 0 Å². The topological polar surface area (TPSA) is 37.4 Å². The second kappa shape index (κ2) is 5.78. The molecule has 0 atom stereocenters. The van der Waals surface area contributed by atoms with E-state index in [2.05, 4.69) is 0 Å². The Bertz CT molecular complexity index is 497. The molecule has 18 heavy (non-hydrogen) atoms. The molecule has 1 saturated carbocycles. The molecule has 0 amide bonds. The van der Waals surface area contributed by atoms with Gasteiger partial charge in [-0.15, -0.1) is 11.6 Å². The van der Waals surface area contributed by atoms with Crippen LogP contribution in [0.1, 0.15) is 19.3 Å². The van der Waals surface area contributed by atoms with Gasteiger partial charge in [0.25, 0.3) is 0 Å². The molecule has 0 aromatic heterocycles. The lowest BCUT2D eigenvalue weighted by atomic mass is 9.93. The Hall–Kier alpha value is -0.290. The molecule has 6 heteroatoms. The van der Waals surface area contributed by atoms with Crippen molar-refractivity contribution in [1.29, 1.82) is 0 Å². The minimum Gasteiger partial charge on any atom is -0.207 e. The third-order valence-corrected chi connectivity index (χ3v) is 5.59. The first-order valence-corrected chi connectivity index (χ1v) is 8.24. The van der Waals surface area contributed by atoms with Crippen LogP contribution in [0.4, 0.5) is 0 Å².